The monoisotopic (exact) mass is 354 g/mol. The molecule has 0 saturated heterocycles. The van der Waals surface area contributed by atoms with Gasteiger partial charge in [0, 0.05) is 16.1 Å². The first-order valence-electron chi connectivity index (χ1n) is 6.24. The van der Waals surface area contributed by atoms with Crippen molar-refractivity contribution in [2.45, 2.75) is 11.8 Å². The molecule has 0 saturated carbocycles. The van der Waals surface area contributed by atoms with E-state index in [1.54, 1.807) is 14.2 Å². The van der Waals surface area contributed by atoms with Crippen molar-refractivity contribution in [3.8, 4) is 11.5 Å². The van der Waals surface area contributed by atoms with Crippen molar-refractivity contribution >= 4 is 27.5 Å². The van der Waals surface area contributed by atoms with Crippen molar-refractivity contribution in [2.24, 2.45) is 0 Å². The molecule has 20 heavy (non-hydrogen) atoms. The molecular formula is C16H16BrClO2. The smallest absolute Gasteiger partial charge is 0.127 e. The molecule has 0 bridgehead atoms. The Morgan fingerprint density at radius 1 is 1.10 bits per heavy atom. The van der Waals surface area contributed by atoms with Crippen molar-refractivity contribution < 1.29 is 9.47 Å². The molecule has 0 radical (unpaired) electrons. The average Bonchev–Trinajstić information content (AvgIpc) is 2.46. The minimum atomic E-state index is -0.148. The van der Waals surface area contributed by atoms with Crippen LogP contribution < -0.4 is 9.47 Å². The molecule has 0 aliphatic rings. The third-order valence-corrected chi connectivity index (χ3v) is 3.96. The highest BCUT2D eigenvalue weighted by atomic mass is 79.9. The fourth-order valence-corrected chi connectivity index (χ4v) is 2.86. The van der Waals surface area contributed by atoms with E-state index in [1.807, 2.05) is 30.3 Å². The summed E-state index contributed by atoms with van der Waals surface area (Å²) >= 11 is 10.0. The molecule has 0 aliphatic heterocycles. The Bertz CT molecular complexity index is 586. The molecule has 2 aromatic rings. The molecule has 2 rings (SSSR count). The van der Waals surface area contributed by atoms with Crippen LogP contribution in [0.15, 0.2) is 46.9 Å². The maximum Gasteiger partial charge on any atom is 0.127 e. The van der Waals surface area contributed by atoms with Gasteiger partial charge in [0.1, 0.15) is 11.5 Å². The first-order chi connectivity index (χ1) is 9.63. The number of hydrogen-bond donors (Lipinski definition) is 0. The Morgan fingerprint density at radius 2 is 1.90 bits per heavy atom. The molecule has 4 heteroatoms. The van der Waals surface area contributed by atoms with E-state index in [1.165, 1.54) is 5.56 Å². The van der Waals surface area contributed by atoms with Crippen LogP contribution in [0.25, 0.3) is 0 Å². The SMILES string of the molecule is COc1ccc(C(Cl)Cc2cccc(Br)c2)c(OC)c1. The number of hydrogen-bond acceptors (Lipinski definition) is 2. The van der Waals surface area contributed by atoms with Gasteiger partial charge in [-0.2, -0.15) is 0 Å². The lowest BCUT2D eigenvalue weighted by atomic mass is 10.0. The summed E-state index contributed by atoms with van der Waals surface area (Å²) in [5, 5.41) is -0.148. The topological polar surface area (TPSA) is 18.5 Å². The lowest BCUT2D eigenvalue weighted by molar-refractivity contribution is 0.390. The van der Waals surface area contributed by atoms with E-state index >= 15 is 0 Å². The molecule has 0 aromatic heterocycles. The van der Waals surface area contributed by atoms with Gasteiger partial charge in [-0.15, -0.1) is 11.6 Å². The second-order valence-electron chi connectivity index (χ2n) is 4.41. The van der Waals surface area contributed by atoms with E-state index in [0.29, 0.717) is 0 Å². The number of rotatable bonds is 5. The minimum Gasteiger partial charge on any atom is -0.497 e. The van der Waals surface area contributed by atoms with E-state index in [4.69, 9.17) is 21.1 Å². The molecule has 0 spiro atoms. The summed E-state index contributed by atoms with van der Waals surface area (Å²) in [5.74, 6) is 1.51. The normalized spacial score (nSPS) is 12.0. The van der Waals surface area contributed by atoms with Gasteiger partial charge in [0.25, 0.3) is 0 Å². The molecule has 2 aromatic carbocycles. The molecule has 0 aliphatic carbocycles. The van der Waals surface area contributed by atoms with E-state index in [2.05, 4.69) is 28.1 Å². The van der Waals surface area contributed by atoms with Gasteiger partial charge in [0.15, 0.2) is 0 Å². The molecule has 0 fully saturated rings. The standard InChI is InChI=1S/C16H16BrClO2/c1-19-13-6-7-14(16(10-13)20-2)15(18)9-11-4-3-5-12(17)8-11/h3-8,10,15H,9H2,1-2H3. The zero-order valence-corrected chi connectivity index (χ0v) is 13.7. The summed E-state index contributed by atoms with van der Waals surface area (Å²) in [5.41, 5.74) is 2.15. The van der Waals surface area contributed by atoms with Crippen LogP contribution in [-0.4, -0.2) is 14.2 Å². The number of benzene rings is 2. The summed E-state index contributed by atoms with van der Waals surface area (Å²) in [4.78, 5) is 0. The number of ether oxygens (including phenoxy) is 2. The highest BCUT2D eigenvalue weighted by Gasteiger charge is 2.15. The highest BCUT2D eigenvalue weighted by molar-refractivity contribution is 9.10. The maximum absolute atomic E-state index is 6.54. The lowest BCUT2D eigenvalue weighted by Crippen LogP contribution is -2.00. The minimum absolute atomic E-state index is 0.148. The largest absolute Gasteiger partial charge is 0.497 e. The van der Waals surface area contributed by atoms with Crippen LogP contribution in [0.1, 0.15) is 16.5 Å². The predicted octanol–water partition coefficient (Wildman–Crippen LogP) is 4.99. The number of methoxy groups -OCH3 is 2. The van der Waals surface area contributed by atoms with Crippen molar-refractivity contribution in [2.75, 3.05) is 14.2 Å². The predicted molar refractivity (Wildman–Crippen MR) is 86.0 cm³/mol. The summed E-state index contributed by atoms with van der Waals surface area (Å²) in [6.45, 7) is 0. The van der Waals surface area contributed by atoms with Crippen molar-refractivity contribution in [3.63, 3.8) is 0 Å². The summed E-state index contributed by atoms with van der Waals surface area (Å²) in [6, 6.07) is 13.9. The van der Waals surface area contributed by atoms with Crippen molar-refractivity contribution in [1.82, 2.24) is 0 Å². The Labute approximate surface area is 132 Å². The average molecular weight is 356 g/mol. The van der Waals surface area contributed by atoms with Crippen LogP contribution in [0.5, 0.6) is 11.5 Å². The van der Waals surface area contributed by atoms with E-state index in [9.17, 15) is 0 Å². The first-order valence-corrected chi connectivity index (χ1v) is 7.47. The van der Waals surface area contributed by atoms with Crippen LogP contribution in [0.3, 0.4) is 0 Å². The van der Waals surface area contributed by atoms with Gasteiger partial charge in [-0.1, -0.05) is 34.1 Å². The van der Waals surface area contributed by atoms with Gasteiger partial charge in [-0.25, -0.2) is 0 Å². The van der Waals surface area contributed by atoms with Gasteiger partial charge in [0.2, 0.25) is 0 Å². The fourth-order valence-electron chi connectivity index (χ4n) is 2.06. The van der Waals surface area contributed by atoms with Crippen LogP contribution in [0.2, 0.25) is 0 Å². The summed E-state index contributed by atoms with van der Waals surface area (Å²) < 4.78 is 11.6. The van der Waals surface area contributed by atoms with Crippen LogP contribution in [0.4, 0.5) is 0 Å². The van der Waals surface area contributed by atoms with E-state index < -0.39 is 0 Å². The molecule has 0 amide bonds. The first kappa shape index (κ1) is 15.2. The Hall–Kier alpha value is -1.19. The second-order valence-corrected chi connectivity index (χ2v) is 5.85. The summed E-state index contributed by atoms with van der Waals surface area (Å²) in [6.07, 6.45) is 0.740. The molecule has 0 heterocycles. The third-order valence-electron chi connectivity index (χ3n) is 3.08. The highest BCUT2D eigenvalue weighted by Crippen LogP contribution is 2.35. The van der Waals surface area contributed by atoms with Gasteiger partial charge in [0.05, 0.1) is 19.6 Å². The molecule has 106 valence electrons. The Morgan fingerprint density at radius 3 is 2.55 bits per heavy atom. The molecule has 1 atom stereocenters. The molecular weight excluding hydrogens is 340 g/mol. The van der Waals surface area contributed by atoms with Gasteiger partial charge < -0.3 is 9.47 Å². The third kappa shape index (κ3) is 3.68. The molecule has 2 nitrogen and oxygen atoms in total. The van der Waals surface area contributed by atoms with Crippen LogP contribution in [0, 0.1) is 0 Å². The van der Waals surface area contributed by atoms with Gasteiger partial charge >= 0.3 is 0 Å². The fraction of sp³-hybridized carbons (Fsp3) is 0.250. The zero-order valence-electron chi connectivity index (χ0n) is 11.4. The zero-order chi connectivity index (χ0) is 14.5. The second kappa shape index (κ2) is 7.00. The van der Waals surface area contributed by atoms with E-state index in [0.717, 1.165) is 28.0 Å². The van der Waals surface area contributed by atoms with Gasteiger partial charge in [-0.05, 0) is 30.2 Å². The summed E-state index contributed by atoms with van der Waals surface area (Å²) in [7, 11) is 3.27. The number of alkyl halides is 1. The van der Waals surface area contributed by atoms with Crippen LogP contribution >= 0.6 is 27.5 Å². The van der Waals surface area contributed by atoms with E-state index in [-0.39, 0.29) is 5.38 Å². The maximum atomic E-state index is 6.54. The molecule has 0 N–H and O–H groups in total. The van der Waals surface area contributed by atoms with Crippen molar-refractivity contribution in [3.05, 3.63) is 58.1 Å². The molecule has 1 unspecified atom stereocenters. The van der Waals surface area contributed by atoms with Gasteiger partial charge in [-0.3, -0.25) is 0 Å². The number of halogens is 2. The lowest BCUT2D eigenvalue weighted by Gasteiger charge is -2.15. The Balaban J connectivity index is 2.22. The Kier molecular flexibility index (Phi) is 5.32. The quantitative estimate of drug-likeness (QED) is 0.704. The van der Waals surface area contributed by atoms with Crippen molar-refractivity contribution in [1.29, 1.82) is 0 Å². The van der Waals surface area contributed by atoms with Crippen LogP contribution in [-0.2, 0) is 6.42 Å².